The Morgan fingerprint density at radius 3 is 2.75 bits per heavy atom. The lowest BCUT2D eigenvalue weighted by Gasteiger charge is -2.20. The molecule has 1 aromatic heterocycles. The van der Waals surface area contributed by atoms with Crippen LogP contribution in [-0.2, 0) is 22.4 Å². The summed E-state index contributed by atoms with van der Waals surface area (Å²) in [6.07, 6.45) is 2.44. The molecule has 3 rings (SSSR count). The molecule has 2 aromatic rings. The van der Waals surface area contributed by atoms with Crippen LogP contribution in [0.3, 0.4) is 0 Å². The van der Waals surface area contributed by atoms with Gasteiger partial charge in [0.1, 0.15) is 11.0 Å². The number of carboxylic acid groups (broad SMARTS) is 1. The number of amides is 1. The van der Waals surface area contributed by atoms with Crippen LogP contribution in [0.4, 0.5) is 0 Å². The van der Waals surface area contributed by atoms with E-state index in [9.17, 15) is 14.7 Å². The second-order valence-corrected chi connectivity index (χ2v) is 6.81. The minimum absolute atomic E-state index is 0.155. The zero-order valence-electron chi connectivity index (χ0n) is 13.6. The van der Waals surface area contributed by atoms with Gasteiger partial charge in [-0.25, -0.2) is 9.78 Å². The van der Waals surface area contributed by atoms with E-state index >= 15 is 0 Å². The summed E-state index contributed by atoms with van der Waals surface area (Å²) >= 11 is 1.51. The van der Waals surface area contributed by atoms with Crippen LogP contribution in [0.2, 0.25) is 0 Å². The van der Waals surface area contributed by atoms with Crippen molar-refractivity contribution in [2.24, 2.45) is 0 Å². The number of benzene rings is 1. The van der Waals surface area contributed by atoms with Crippen LogP contribution < -0.4 is 0 Å². The number of thiazole rings is 1. The van der Waals surface area contributed by atoms with Crippen LogP contribution in [0.15, 0.2) is 29.6 Å². The van der Waals surface area contributed by atoms with E-state index in [0.717, 1.165) is 23.4 Å². The summed E-state index contributed by atoms with van der Waals surface area (Å²) in [5.41, 5.74) is 3.02. The van der Waals surface area contributed by atoms with Crippen LogP contribution in [0.25, 0.3) is 10.6 Å². The van der Waals surface area contributed by atoms with Gasteiger partial charge in [0.05, 0.1) is 12.1 Å². The van der Waals surface area contributed by atoms with Crippen LogP contribution in [-0.4, -0.2) is 39.5 Å². The van der Waals surface area contributed by atoms with E-state index in [1.807, 2.05) is 17.5 Å². The highest BCUT2D eigenvalue weighted by Gasteiger charge is 2.33. The topological polar surface area (TPSA) is 70.5 Å². The van der Waals surface area contributed by atoms with Crippen molar-refractivity contribution in [2.75, 3.05) is 6.54 Å². The first-order valence-electron chi connectivity index (χ1n) is 8.14. The standard InChI is InChI=1S/C18H20N2O3S/c1-2-12-5-7-13(8-6-12)17-19-14(11-24-17)10-16(21)20-9-3-4-15(20)18(22)23/h5-8,11,15H,2-4,9-10H2,1H3,(H,22,23). The third kappa shape index (κ3) is 3.48. The molecule has 1 N–H and O–H groups in total. The van der Waals surface area contributed by atoms with Crippen molar-refractivity contribution in [2.45, 2.75) is 38.6 Å². The maximum atomic E-state index is 12.4. The highest BCUT2D eigenvalue weighted by Crippen LogP contribution is 2.25. The first-order valence-corrected chi connectivity index (χ1v) is 9.02. The molecule has 1 fully saturated rings. The number of aromatic nitrogens is 1. The van der Waals surface area contributed by atoms with E-state index in [0.29, 0.717) is 18.7 Å². The fraction of sp³-hybridized carbons (Fsp3) is 0.389. The van der Waals surface area contributed by atoms with Crippen molar-refractivity contribution in [3.8, 4) is 10.6 Å². The third-order valence-electron chi connectivity index (χ3n) is 4.35. The van der Waals surface area contributed by atoms with E-state index < -0.39 is 12.0 Å². The molecular formula is C18H20N2O3S. The highest BCUT2D eigenvalue weighted by atomic mass is 32.1. The molecule has 24 heavy (non-hydrogen) atoms. The van der Waals surface area contributed by atoms with Gasteiger partial charge in [-0.3, -0.25) is 4.79 Å². The van der Waals surface area contributed by atoms with E-state index in [-0.39, 0.29) is 12.3 Å². The molecule has 2 heterocycles. The lowest BCUT2D eigenvalue weighted by molar-refractivity contribution is -0.148. The number of likely N-dealkylation sites (tertiary alicyclic amines) is 1. The largest absolute Gasteiger partial charge is 0.480 e. The van der Waals surface area contributed by atoms with Gasteiger partial charge in [-0.15, -0.1) is 11.3 Å². The molecule has 0 saturated carbocycles. The monoisotopic (exact) mass is 344 g/mol. The molecule has 1 saturated heterocycles. The first-order chi connectivity index (χ1) is 11.6. The van der Waals surface area contributed by atoms with Gasteiger partial charge in [-0.05, 0) is 24.8 Å². The molecule has 1 atom stereocenters. The van der Waals surface area contributed by atoms with Crippen molar-refractivity contribution in [3.05, 3.63) is 40.9 Å². The number of hydrogen-bond acceptors (Lipinski definition) is 4. The summed E-state index contributed by atoms with van der Waals surface area (Å²) < 4.78 is 0. The van der Waals surface area contributed by atoms with Gasteiger partial charge in [0, 0.05) is 17.5 Å². The Morgan fingerprint density at radius 1 is 1.33 bits per heavy atom. The number of carbonyl (C=O) groups excluding carboxylic acids is 1. The highest BCUT2D eigenvalue weighted by molar-refractivity contribution is 7.13. The SMILES string of the molecule is CCc1ccc(-c2nc(CC(=O)N3CCCC3C(=O)O)cs2)cc1. The fourth-order valence-electron chi connectivity index (χ4n) is 2.98. The Morgan fingerprint density at radius 2 is 2.08 bits per heavy atom. The maximum Gasteiger partial charge on any atom is 0.326 e. The molecule has 0 aliphatic carbocycles. The van der Waals surface area contributed by atoms with E-state index in [1.165, 1.54) is 21.8 Å². The average Bonchev–Trinajstić information content (AvgIpc) is 3.24. The maximum absolute atomic E-state index is 12.4. The van der Waals surface area contributed by atoms with Crippen molar-refractivity contribution < 1.29 is 14.7 Å². The Labute approximate surface area is 145 Å². The van der Waals surface area contributed by atoms with Crippen molar-refractivity contribution in [1.29, 1.82) is 0 Å². The van der Waals surface area contributed by atoms with E-state index in [4.69, 9.17) is 0 Å². The lowest BCUT2D eigenvalue weighted by Crippen LogP contribution is -2.41. The Balaban J connectivity index is 1.69. The number of carbonyl (C=O) groups is 2. The summed E-state index contributed by atoms with van der Waals surface area (Å²) in [7, 11) is 0. The molecule has 1 unspecified atom stereocenters. The molecule has 5 nitrogen and oxygen atoms in total. The quantitative estimate of drug-likeness (QED) is 0.905. The van der Waals surface area contributed by atoms with Crippen LogP contribution >= 0.6 is 11.3 Å². The molecule has 1 aliphatic rings. The predicted molar refractivity (Wildman–Crippen MR) is 93.0 cm³/mol. The summed E-state index contributed by atoms with van der Waals surface area (Å²) in [6, 6.07) is 7.58. The molecule has 1 aliphatic heterocycles. The Kier molecular flexibility index (Phi) is 4.94. The van der Waals surface area contributed by atoms with Crippen molar-refractivity contribution >= 4 is 23.2 Å². The molecule has 1 amide bonds. The zero-order valence-corrected chi connectivity index (χ0v) is 14.4. The van der Waals surface area contributed by atoms with Crippen LogP contribution in [0.5, 0.6) is 0 Å². The van der Waals surface area contributed by atoms with Gasteiger partial charge in [-0.1, -0.05) is 31.2 Å². The number of aliphatic carboxylic acids is 1. The molecule has 126 valence electrons. The van der Waals surface area contributed by atoms with E-state index in [1.54, 1.807) is 0 Å². The third-order valence-corrected chi connectivity index (χ3v) is 5.29. The zero-order chi connectivity index (χ0) is 17.1. The number of carboxylic acids is 1. The molecule has 0 bridgehead atoms. The first kappa shape index (κ1) is 16.6. The van der Waals surface area contributed by atoms with Gasteiger partial charge < -0.3 is 10.0 Å². The molecule has 6 heteroatoms. The number of aryl methyl sites for hydroxylation is 1. The average molecular weight is 344 g/mol. The smallest absolute Gasteiger partial charge is 0.326 e. The van der Waals surface area contributed by atoms with Gasteiger partial charge >= 0.3 is 5.97 Å². The summed E-state index contributed by atoms with van der Waals surface area (Å²) in [6.45, 7) is 2.64. The Hall–Kier alpha value is -2.21. The van der Waals surface area contributed by atoms with Crippen molar-refractivity contribution in [1.82, 2.24) is 9.88 Å². The molecule has 0 radical (unpaired) electrons. The summed E-state index contributed by atoms with van der Waals surface area (Å²) in [5.74, 6) is -1.08. The summed E-state index contributed by atoms with van der Waals surface area (Å²) in [5, 5.41) is 12.0. The summed E-state index contributed by atoms with van der Waals surface area (Å²) in [4.78, 5) is 29.6. The van der Waals surface area contributed by atoms with Crippen molar-refractivity contribution in [3.63, 3.8) is 0 Å². The minimum atomic E-state index is -0.921. The molecule has 0 spiro atoms. The van der Waals surface area contributed by atoms with Gasteiger partial charge in [-0.2, -0.15) is 0 Å². The van der Waals surface area contributed by atoms with E-state index in [2.05, 4.69) is 24.0 Å². The second-order valence-electron chi connectivity index (χ2n) is 5.95. The van der Waals surface area contributed by atoms with Gasteiger partial charge in [0.15, 0.2) is 0 Å². The predicted octanol–water partition coefficient (Wildman–Crippen LogP) is 2.99. The lowest BCUT2D eigenvalue weighted by atomic mass is 10.1. The second kappa shape index (κ2) is 7.13. The van der Waals surface area contributed by atoms with Gasteiger partial charge in [0.2, 0.25) is 5.91 Å². The molecule has 1 aromatic carbocycles. The van der Waals surface area contributed by atoms with Gasteiger partial charge in [0.25, 0.3) is 0 Å². The molecular weight excluding hydrogens is 324 g/mol. The number of nitrogens with zero attached hydrogens (tertiary/aromatic N) is 2. The number of rotatable bonds is 5. The normalized spacial score (nSPS) is 17.2. The fourth-order valence-corrected chi connectivity index (χ4v) is 3.81. The number of hydrogen-bond donors (Lipinski definition) is 1. The minimum Gasteiger partial charge on any atom is -0.480 e. The van der Waals surface area contributed by atoms with Crippen LogP contribution in [0, 0.1) is 0 Å². The van der Waals surface area contributed by atoms with Crippen LogP contribution in [0.1, 0.15) is 31.0 Å². The Bertz CT molecular complexity index is 739.